The second-order valence-electron chi connectivity index (χ2n) is 7.98. The molecule has 180 valence electrons. The van der Waals surface area contributed by atoms with Gasteiger partial charge in [-0.3, -0.25) is 14.4 Å². The van der Waals surface area contributed by atoms with Crippen LogP contribution in [0.2, 0.25) is 0 Å². The highest BCUT2D eigenvalue weighted by molar-refractivity contribution is 5.92. The van der Waals surface area contributed by atoms with Crippen molar-refractivity contribution in [2.75, 3.05) is 13.7 Å². The number of carbonyl (C=O) groups is 3. The molecule has 1 aromatic carbocycles. The Kier molecular flexibility index (Phi) is 9.99. The van der Waals surface area contributed by atoms with Crippen LogP contribution >= 0.6 is 0 Å². The molecular weight excluding hydrogens is 431 g/mol. The second-order valence-corrected chi connectivity index (χ2v) is 7.98. The fraction of sp³-hybridized carbons (Fsp3) is 0.478. The summed E-state index contributed by atoms with van der Waals surface area (Å²) in [5.41, 5.74) is 1.21. The van der Waals surface area contributed by atoms with Gasteiger partial charge in [-0.25, -0.2) is 9.37 Å². The van der Waals surface area contributed by atoms with E-state index in [0.29, 0.717) is 37.9 Å². The first-order valence-corrected chi connectivity index (χ1v) is 10.7. The summed E-state index contributed by atoms with van der Waals surface area (Å²) in [5, 5.41) is 13.3. The van der Waals surface area contributed by atoms with Crippen LogP contribution < -0.4 is 10.6 Å². The number of hydrogen-bond donors (Lipinski definition) is 3. The molecule has 3 atom stereocenters. The summed E-state index contributed by atoms with van der Waals surface area (Å²) in [5.74, 6) is -1.55. The summed E-state index contributed by atoms with van der Waals surface area (Å²) in [7, 11) is 3.40. The summed E-state index contributed by atoms with van der Waals surface area (Å²) >= 11 is 0. The van der Waals surface area contributed by atoms with Crippen molar-refractivity contribution in [3.05, 3.63) is 53.9 Å². The number of carbonyl (C=O) groups excluding carboxylic acids is 2. The zero-order valence-electron chi connectivity index (χ0n) is 19.1. The predicted molar refractivity (Wildman–Crippen MR) is 119 cm³/mol. The highest BCUT2D eigenvalue weighted by Gasteiger charge is 2.35. The lowest BCUT2D eigenvalue weighted by Gasteiger charge is -2.35. The normalized spacial score (nSPS) is 19.7. The number of aromatic nitrogens is 2. The van der Waals surface area contributed by atoms with Crippen molar-refractivity contribution >= 4 is 17.8 Å². The molecule has 3 N–H and O–H groups in total. The number of halogens is 1. The molecule has 2 aromatic rings. The second kappa shape index (κ2) is 12.7. The Morgan fingerprint density at radius 2 is 2.03 bits per heavy atom. The van der Waals surface area contributed by atoms with Crippen LogP contribution in [0.5, 0.6) is 0 Å². The molecule has 9 nitrogen and oxygen atoms in total. The van der Waals surface area contributed by atoms with Gasteiger partial charge < -0.3 is 25.0 Å². The van der Waals surface area contributed by atoms with Gasteiger partial charge in [-0.2, -0.15) is 0 Å². The van der Waals surface area contributed by atoms with Crippen LogP contribution in [0.4, 0.5) is 4.39 Å². The first-order chi connectivity index (χ1) is 15.7. The van der Waals surface area contributed by atoms with Gasteiger partial charge in [-0.1, -0.05) is 12.1 Å². The zero-order valence-corrected chi connectivity index (χ0v) is 19.1. The van der Waals surface area contributed by atoms with E-state index < -0.39 is 5.97 Å². The summed E-state index contributed by atoms with van der Waals surface area (Å²) in [6.45, 7) is 1.54. The maximum absolute atomic E-state index is 13.2. The molecule has 3 rings (SSSR count). The monoisotopic (exact) mass is 462 g/mol. The predicted octanol–water partition coefficient (Wildman–Crippen LogP) is 1.92. The maximum atomic E-state index is 13.2. The van der Waals surface area contributed by atoms with E-state index in [-0.39, 0.29) is 35.7 Å². The van der Waals surface area contributed by atoms with Crippen LogP contribution in [-0.2, 0) is 27.8 Å². The third kappa shape index (κ3) is 8.64. The van der Waals surface area contributed by atoms with Crippen molar-refractivity contribution in [3.63, 3.8) is 0 Å². The Labute approximate surface area is 192 Å². The number of ether oxygens (including phenoxy) is 1. The lowest BCUT2D eigenvalue weighted by atomic mass is 9.83. The number of nitrogens with one attached hydrogen (secondary N) is 2. The topological polar surface area (TPSA) is 123 Å². The minimum atomic E-state index is -0.833. The van der Waals surface area contributed by atoms with Crippen molar-refractivity contribution in [1.29, 1.82) is 0 Å². The number of imidazole rings is 1. The van der Waals surface area contributed by atoms with E-state index in [1.807, 2.05) is 6.07 Å². The van der Waals surface area contributed by atoms with Gasteiger partial charge in [-0.15, -0.1) is 0 Å². The number of nitrogens with zero attached hydrogens (tertiary/aromatic N) is 2. The van der Waals surface area contributed by atoms with Crippen molar-refractivity contribution < 1.29 is 28.6 Å². The molecule has 1 saturated carbocycles. The lowest BCUT2D eigenvalue weighted by molar-refractivity contribution is -0.134. The van der Waals surface area contributed by atoms with Crippen LogP contribution in [0.3, 0.4) is 0 Å². The third-order valence-corrected chi connectivity index (χ3v) is 5.32. The largest absolute Gasteiger partial charge is 0.481 e. The number of aliphatic carboxylic acids is 1. The van der Waals surface area contributed by atoms with Gasteiger partial charge in [0.25, 0.3) is 11.9 Å². The Hall–Kier alpha value is -3.27. The molecule has 10 heteroatoms. The average molecular weight is 463 g/mol. The molecule has 33 heavy (non-hydrogen) atoms. The van der Waals surface area contributed by atoms with Crippen LogP contribution in [0.25, 0.3) is 0 Å². The molecule has 0 saturated heterocycles. The number of methoxy groups -OCH3 is 1. The van der Waals surface area contributed by atoms with E-state index in [1.165, 1.54) is 12.1 Å². The Morgan fingerprint density at radius 3 is 2.64 bits per heavy atom. The molecule has 1 fully saturated rings. The minimum Gasteiger partial charge on any atom is -0.481 e. The number of benzene rings is 1. The van der Waals surface area contributed by atoms with Crippen LogP contribution in [0.15, 0.2) is 36.8 Å². The first-order valence-electron chi connectivity index (χ1n) is 10.7. The van der Waals surface area contributed by atoms with Crippen LogP contribution in [0, 0.1) is 11.7 Å². The fourth-order valence-corrected chi connectivity index (χ4v) is 3.73. The van der Waals surface area contributed by atoms with Crippen molar-refractivity contribution in [2.45, 2.75) is 44.8 Å². The molecule has 0 aliphatic heterocycles. The SMILES string of the molecule is CC(=O)O.CO[C@H]1C[C@@H](C(=O)NCCc2cccc(F)c2)CC[C@@H]1NC(=O)c1cn(C)cn1. The fourth-order valence-electron chi connectivity index (χ4n) is 3.73. The minimum absolute atomic E-state index is 0.0297. The summed E-state index contributed by atoms with van der Waals surface area (Å²) in [4.78, 5) is 37.9. The van der Waals surface area contributed by atoms with E-state index >= 15 is 0 Å². The molecule has 1 aromatic heterocycles. The lowest BCUT2D eigenvalue weighted by Crippen LogP contribution is -2.50. The standard InChI is InChI=1S/C21H27FN4O3.C2H4O2/c1-26-12-18(24-13-26)21(28)25-17-7-6-15(11-19(17)29-2)20(27)23-9-8-14-4-3-5-16(22)10-14;1-2(3)4/h3-5,10,12-13,15,17,19H,6-9,11H2,1-2H3,(H,23,27)(H,25,28);1H3,(H,3,4)/t15-,17-,19-;/m0./s1. The number of rotatable bonds is 7. The molecular formula is C23H31FN4O5. The number of carboxylic acids is 1. The Bertz CT molecular complexity index is 944. The average Bonchev–Trinajstić information content (AvgIpc) is 3.20. The van der Waals surface area contributed by atoms with Crippen molar-refractivity contribution in [3.8, 4) is 0 Å². The van der Waals surface area contributed by atoms with Crippen molar-refractivity contribution in [2.24, 2.45) is 13.0 Å². The van der Waals surface area contributed by atoms with Crippen LogP contribution in [-0.4, -0.2) is 58.2 Å². The maximum Gasteiger partial charge on any atom is 0.300 e. The summed E-state index contributed by atoms with van der Waals surface area (Å²) in [6.07, 6.45) is 5.43. The molecule has 0 bridgehead atoms. The van der Waals surface area contributed by atoms with Gasteiger partial charge in [0.15, 0.2) is 0 Å². The van der Waals surface area contributed by atoms with Gasteiger partial charge in [0.2, 0.25) is 5.91 Å². The van der Waals surface area contributed by atoms with E-state index in [4.69, 9.17) is 14.6 Å². The highest BCUT2D eigenvalue weighted by atomic mass is 19.1. The van der Waals surface area contributed by atoms with Crippen LogP contribution in [0.1, 0.15) is 42.2 Å². The molecule has 0 unspecified atom stereocenters. The molecule has 2 amide bonds. The smallest absolute Gasteiger partial charge is 0.300 e. The molecule has 1 heterocycles. The van der Waals surface area contributed by atoms with Gasteiger partial charge in [0.1, 0.15) is 11.5 Å². The molecule has 1 aliphatic rings. The van der Waals surface area contributed by atoms with E-state index in [9.17, 15) is 14.0 Å². The molecule has 0 spiro atoms. The zero-order chi connectivity index (χ0) is 24.4. The molecule has 0 radical (unpaired) electrons. The third-order valence-electron chi connectivity index (χ3n) is 5.32. The molecule has 1 aliphatic carbocycles. The summed E-state index contributed by atoms with van der Waals surface area (Å²) in [6, 6.07) is 6.22. The number of aryl methyl sites for hydroxylation is 1. The van der Waals surface area contributed by atoms with Gasteiger partial charge in [0, 0.05) is 39.7 Å². The summed E-state index contributed by atoms with van der Waals surface area (Å²) < 4.78 is 20.5. The van der Waals surface area contributed by atoms with Gasteiger partial charge in [-0.05, 0) is 43.4 Å². The van der Waals surface area contributed by atoms with E-state index in [0.717, 1.165) is 12.5 Å². The van der Waals surface area contributed by atoms with Crippen molar-refractivity contribution in [1.82, 2.24) is 20.2 Å². The number of carboxylic acid groups (broad SMARTS) is 1. The number of amides is 2. The Morgan fingerprint density at radius 1 is 1.30 bits per heavy atom. The number of hydrogen-bond acceptors (Lipinski definition) is 5. The first kappa shape index (κ1) is 26.0. The highest BCUT2D eigenvalue weighted by Crippen LogP contribution is 2.27. The quantitative estimate of drug-likeness (QED) is 0.578. The van der Waals surface area contributed by atoms with E-state index in [2.05, 4.69) is 15.6 Å². The van der Waals surface area contributed by atoms with E-state index in [1.54, 1.807) is 37.3 Å². The Balaban J connectivity index is 0.000000890. The van der Waals surface area contributed by atoms with Gasteiger partial charge in [0.05, 0.1) is 18.5 Å². The van der Waals surface area contributed by atoms with Gasteiger partial charge >= 0.3 is 0 Å².